The molecule has 1 aliphatic rings. The molecule has 1 aliphatic heterocycles. The number of hydrogen-bond acceptors (Lipinski definition) is 2. The van der Waals surface area contributed by atoms with Crippen molar-refractivity contribution < 1.29 is 14.7 Å². The second kappa shape index (κ2) is 6.34. The highest BCUT2D eigenvalue weighted by Crippen LogP contribution is 2.33. The Bertz CT molecular complexity index is 591. The van der Waals surface area contributed by atoms with Crippen LogP contribution in [-0.4, -0.2) is 35.0 Å². The van der Waals surface area contributed by atoms with Gasteiger partial charge in [-0.15, -0.1) is 0 Å². The van der Waals surface area contributed by atoms with E-state index in [1.165, 1.54) is 5.56 Å². The minimum Gasteiger partial charge on any atom is -0.481 e. The zero-order valence-electron chi connectivity index (χ0n) is 14.6. The van der Waals surface area contributed by atoms with Gasteiger partial charge in [-0.1, -0.05) is 31.2 Å². The lowest BCUT2D eigenvalue weighted by molar-refractivity contribution is -0.154. The largest absolute Gasteiger partial charge is 0.481 e. The molecule has 1 unspecified atom stereocenters. The standard InChI is InChI=1S/C19H27NO3/c1-5-14-7-9-15(10-8-14)18(2,3)16(21)20-12-6-11-19(4,13-20)17(22)23/h7-10H,5-6,11-13H2,1-4H3,(H,22,23). The summed E-state index contributed by atoms with van der Waals surface area (Å²) in [5.74, 6) is -0.811. The molecule has 0 aliphatic carbocycles. The van der Waals surface area contributed by atoms with Gasteiger partial charge in [-0.2, -0.15) is 0 Å². The predicted molar refractivity (Wildman–Crippen MR) is 90.4 cm³/mol. The van der Waals surface area contributed by atoms with E-state index in [9.17, 15) is 14.7 Å². The molecule has 1 heterocycles. The third-order valence-electron chi connectivity index (χ3n) is 5.12. The van der Waals surface area contributed by atoms with Crippen LogP contribution in [0.4, 0.5) is 0 Å². The minimum absolute atomic E-state index is 0.00826. The van der Waals surface area contributed by atoms with Crippen molar-refractivity contribution in [3.05, 3.63) is 35.4 Å². The van der Waals surface area contributed by atoms with Gasteiger partial charge in [0.25, 0.3) is 0 Å². The molecule has 2 rings (SSSR count). The average Bonchev–Trinajstić information content (AvgIpc) is 2.54. The van der Waals surface area contributed by atoms with E-state index in [0.29, 0.717) is 13.0 Å². The highest BCUT2D eigenvalue weighted by atomic mass is 16.4. The number of carbonyl (C=O) groups is 2. The monoisotopic (exact) mass is 317 g/mol. The Balaban J connectivity index is 2.21. The second-order valence-electron chi connectivity index (χ2n) is 7.37. The van der Waals surface area contributed by atoms with Gasteiger partial charge in [0, 0.05) is 13.1 Å². The van der Waals surface area contributed by atoms with Crippen molar-refractivity contribution in [2.75, 3.05) is 13.1 Å². The number of aryl methyl sites for hydroxylation is 1. The fraction of sp³-hybridized carbons (Fsp3) is 0.579. The van der Waals surface area contributed by atoms with Crippen molar-refractivity contribution in [2.24, 2.45) is 5.41 Å². The molecule has 0 saturated carbocycles. The summed E-state index contributed by atoms with van der Waals surface area (Å²) in [7, 11) is 0. The van der Waals surface area contributed by atoms with Gasteiger partial charge in [-0.25, -0.2) is 0 Å². The summed E-state index contributed by atoms with van der Waals surface area (Å²) < 4.78 is 0. The zero-order chi connectivity index (χ0) is 17.3. The second-order valence-corrected chi connectivity index (χ2v) is 7.37. The van der Waals surface area contributed by atoms with Crippen molar-refractivity contribution in [2.45, 2.75) is 52.4 Å². The van der Waals surface area contributed by atoms with Crippen molar-refractivity contribution in [1.29, 1.82) is 0 Å². The highest BCUT2D eigenvalue weighted by molar-refractivity contribution is 5.88. The average molecular weight is 317 g/mol. The van der Waals surface area contributed by atoms with E-state index < -0.39 is 16.8 Å². The Hall–Kier alpha value is -1.84. The number of carboxylic acid groups (broad SMARTS) is 1. The van der Waals surface area contributed by atoms with Crippen LogP contribution in [0.3, 0.4) is 0 Å². The molecule has 0 spiro atoms. The molecular weight excluding hydrogens is 290 g/mol. The SMILES string of the molecule is CCc1ccc(C(C)(C)C(=O)N2CCCC(C)(C(=O)O)C2)cc1. The van der Waals surface area contributed by atoms with Crippen LogP contribution in [0.5, 0.6) is 0 Å². The molecule has 0 bridgehead atoms. The van der Waals surface area contributed by atoms with Crippen LogP contribution < -0.4 is 0 Å². The van der Waals surface area contributed by atoms with E-state index >= 15 is 0 Å². The van der Waals surface area contributed by atoms with E-state index in [-0.39, 0.29) is 12.5 Å². The molecule has 126 valence electrons. The molecule has 1 N–H and O–H groups in total. The van der Waals surface area contributed by atoms with Crippen LogP contribution in [0.25, 0.3) is 0 Å². The molecule has 23 heavy (non-hydrogen) atoms. The fourth-order valence-electron chi connectivity index (χ4n) is 3.26. The van der Waals surface area contributed by atoms with Crippen molar-refractivity contribution in [1.82, 2.24) is 4.90 Å². The maximum Gasteiger partial charge on any atom is 0.311 e. The maximum atomic E-state index is 13.0. The molecule has 1 aromatic rings. The lowest BCUT2D eigenvalue weighted by Gasteiger charge is -2.41. The molecule has 1 aromatic carbocycles. The van der Waals surface area contributed by atoms with E-state index in [2.05, 4.69) is 19.1 Å². The first-order chi connectivity index (χ1) is 10.7. The Morgan fingerprint density at radius 3 is 2.39 bits per heavy atom. The first kappa shape index (κ1) is 17.5. The van der Waals surface area contributed by atoms with Crippen molar-refractivity contribution >= 4 is 11.9 Å². The van der Waals surface area contributed by atoms with Crippen LogP contribution in [0.2, 0.25) is 0 Å². The summed E-state index contributed by atoms with van der Waals surface area (Å²) in [6.07, 6.45) is 2.33. The summed E-state index contributed by atoms with van der Waals surface area (Å²) in [6.45, 7) is 8.60. The van der Waals surface area contributed by atoms with Gasteiger partial charge in [-0.3, -0.25) is 9.59 Å². The van der Waals surface area contributed by atoms with Crippen molar-refractivity contribution in [3.63, 3.8) is 0 Å². The third-order valence-corrected chi connectivity index (χ3v) is 5.12. The first-order valence-corrected chi connectivity index (χ1v) is 8.33. The summed E-state index contributed by atoms with van der Waals surface area (Å²) in [5, 5.41) is 9.44. The van der Waals surface area contributed by atoms with Crippen LogP contribution in [0.15, 0.2) is 24.3 Å². The van der Waals surface area contributed by atoms with Gasteiger partial charge < -0.3 is 10.0 Å². The topological polar surface area (TPSA) is 57.6 Å². The maximum absolute atomic E-state index is 13.0. The highest BCUT2D eigenvalue weighted by Gasteiger charge is 2.42. The predicted octanol–water partition coefficient (Wildman–Crippen LogP) is 3.24. The number of benzene rings is 1. The molecule has 1 saturated heterocycles. The Morgan fingerprint density at radius 2 is 1.87 bits per heavy atom. The summed E-state index contributed by atoms with van der Waals surface area (Å²) in [5.41, 5.74) is 0.731. The molecule has 0 radical (unpaired) electrons. The molecule has 1 fully saturated rings. The van der Waals surface area contributed by atoms with Crippen LogP contribution in [0.1, 0.15) is 51.7 Å². The van der Waals surface area contributed by atoms with Gasteiger partial charge >= 0.3 is 5.97 Å². The van der Waals surface area contributed by atoms with Crippen LogP contribution in [0, 0.1) is 5.41 Å². The van der Waals surface area contributed by atoms with Gasteiger partial charge in [0.2, 0.25) is 5.91 Å². The van der Waals surface area contributed by atoms with E-state index in [1.54, 1.807) is 11.8 Å². The van der Waals surface area contributed by atoms with E-state index in [1.807, 2.05) is 26.0 Å². The van der Waals surface area contributed by atoms with Gasteiger partial charge in [-0.05, 0) is 51.2 Å². The molecule has 1 atom stereocenters. The summed E-state index contributed by atoms with van der Waals surface area (Å²) in [6, 6.07) is 8.14. The molecule has 4 nitrogen and oxygen atoms in total. The number of carbonyl (C=O) groups excluding carboxylic acids is 1. The van der Waals surface area contributed by atoms with Gasteiger partial charge in [0.15, 0.2) is 0 Å². The minimum atomic E-state index is -0.837. The number of nitrogens with zero attached hydrogens (tertiary/aromatic N) is 1. The Morgan fingerprint density at radius 1 is 1.26 bits per heavy atom. The Kier molecular flexibility index (Phi) is 4.83. The first-order valence-electron chi connectivity index (χ1n) is 8.33. The number of hydrogen-bond donors (Lipinski definition) is 1. The third kappa shape index (κ3) is 3.41. The van der Waals surface area contributed by atoms with E-state index in [4.69, 9.17) is 0 Å². The van der Waals surface area contributed by atoms with Crippen LogP contribution >= 0.6 is 0 Å². The number of likely N-dealkylation sites (tertiary alicyclic amines) is 1. The number of carboxylic acids is 1. The summed E-state index contributed by atoms with van der Waals surface area (Å²) >= 11 is 0. The summed E-state index contributed by atoms with van der Waals surface area (Å²) in [4.78, 5) is 26.2. The quantitative estimate of drug-likeness (QED) is 0.927. The molecule has 0 aromatic heterocycles. The van der Waals surface area contributed by atoms with Crippen molar-refractivity contribution in [3.8, 4) is 0 Å². The Labute approximate surface area is 138 Å². The number of amides is 1. The van der Waals surface area contributed by atoms with Crippen LogP contribution in [-0.2, 0) is 21.4 Å². The molecular formula is C19H27NO3. The number of aliphatic carboxylic acids is 1. The number of piperidine rings is 1. The number of rotatable bonds is 4. The molecule has 4 heteroatoms. The fourth-order valence-corrected chi connectivity index (χ4v) is 3.26. The lowest BCUT2D eigenvalue weighted by atomic mass is 9.78. The molecule has 1 amide bonds. The van der Waals surface area contributed by atoms with E-state index in [0.717, 1.165) is 18.4 Å². The van der Waals surface area contributed by atoms with Gasteiger partial charge in [0.1, 0.15) is 0 Å². The zero-order valence-corrected chi connectivity index (χ0v) is 14.6. The smallest absolute Gasteiger partial charge is 0.311 e. The van der Waals surface area contributed by atoms with Gasteiger partial charge in [0.05, 0.1) is 10.8 Å². The lowest BCUT2D eigenvalue weighted by Crippen LogP contribution is -2.52. The normalized spacial score (nSPS) is 22.0.